The summed E-state index contributed by atoms with van der Waals surface area (Å²) in [7, 11) is 0. The molecule has 0 aromatic heterocycles. The van der Waals surface area contributed by atoms with Crippen molar-refractivity contribution in [3.05, 3.63) is 23.5 Å². The number of hydrogen-bond acceptors (Lipinski definition) is 4. The van der Waals surface area contributed by atoms with Gasteiger partial charge in [0.2, 0.25) is 0 Å². The van der Waals surface area contributed by atoms with Gasteiger partial charge in [0, 0.05) is 13.1 Å². The SMILES string of the molecule is CC(C)(C)OC(=O)N1CCC(c2cc(N)c(N)c(F)c2)CC1. The number of ether oxygens (including phenoxy) is 1. The predicted molar refractivity (Wildman–Crippen MR) is 85.0 cm³/mol. The molecule has 4 N–H and O–H groups in total. The summed E-state index contributed by atoms with van der Waals surface area (Å²) in [5, 5.41) is 0. The minimum Gasteiger partial charge on any atom is -0.444 e. The summed E-state index contributed by atoms with van der Waals surface area (Å²) < 4.78 is 19.1. The van der Waals surface area contributed by atoms with Crippen LogP contribution >= 0.6 is 0 Å². The van der Waals surface area contributed by atoms with Gasteiger partial charge in [-0.25, -0.2) is 9.18 Å². The second-order valence-corrected chi connectivity index (χ2v) is 6.75. The van der Waals surface area contributed by atoms with Gasteiger partial charge >= 0.3 is 6.09 Å². The minimum atomic E-state index is -0.498. The average molecular weight is 309 g/mol. The molecule has 1 aliphatic heterocycles. The first-order valence-electron chi connectivity index (χ1n) is 7.49. The molecule has 5 nitrogen and oxygen atoms in total. The molecule has 22 heavy (non-hydrogen) atoms. The summed E-state index contributed by atoms with van der Waals surface area (Å²) >= 11 is 0. The Labute approximate surface area is 130 Å². The fourth-order valence-electron chi connectivity index (χ4n) is 2.62. The van der Waals surface area contributed by atoms with Crippen LogP contribution in [-0.4, -0.2) is 29.7 Å². The number of nitrogens with two attached hydrogens (primary N) is 2. The van der Waals surface area contributed by atoms with Crippen molar-refractivity contribution in [1.82, 2.24) is 4.90 Å². The van der Waals surface area contributed by atoms with E-state index in [9.17, 15) is 9.18 Å². The Morgan fingerprint density at radius 1 is 1.27 bits per heavy atom. The third-order valence-electron chi connectivity index (χ3n) is 3.80. The third-order valence-corrected chi connectivity index (χ3v) is 3.80. The highest BCUT2D eigenvalue weighted by Crippen LogP contribution is 2.32. The van der Waals surface area contributed by atoms with Crippen LogP contribution in [0.3, 0.4) is 0 Å². The third kappa shape index (κ3) is 3.81. The first-order valence-corrected chi connectivity index (χ1v) is 7.49. The van der Waals surface area contributed by atoms with E-state index in [0.717, 1.165) is 18.4 Å². The van der Waals surface area contributed by atoms with Crippen LogP contribution < -0.4 is 11.5 Å². The molecule has 1 aromatic carbocycles. The number of nitrogens with zero attached hydrogens (tertiary/aromatic N) is 1. The van der Waals surface area contributed by atoms with Crippen LogP contribution in [0.4, 0.5) is 20.6 Å². The lowest BCUT2D eigenvalue weighted by molar-refractivity contribution is 0.0205. The molecular weight excluding hydrogens is 285 g/mol. The summed E-state index contributed by atoms with van der Waals surface area (Å²) in [6.45, 7) is 6.71. The number of hydrogen-bond donors (Lipinski definition) is 2. The van der Waals surface area contributed by atoms with Gasteiger partial charge in [0.25, 0.3) is 0 Å². The number of carbonyl (C=O) groups excluding carboxylic acids is 1. The van der Waals surface area contributed by atoms with E-state index in [1.807, 2.05) is 20.8 Å². The van der Waals surface area contributed by atoms with Crippen LogP contribution in [-0.2, 0) is 4.74 Å². The Bertz CT molecular complexity index is 538. The predicted octanol–water partition coefficient (Wildman–Crippen LogP) is 3.10. The zero-order valence-electron chi connectivity index (χ0n) is 13.4. The lowest BCUT2D eigenvalue weighted by Crippen LogP contribution is -2.41. The van der Waals surface area contributed by atoms with E-state index in [0.29, 0.717) is 13.1 Å². The quantitative estimate of drug-likeness (QED) is 0.781. The second kappa shape index (κ2) is 6.02. The Morgan fingerprint density at radius 2 is 1.86 bits per heavy atom. The van der Waals surface area contributed by atoms with Gasteiger partial charge in [-0.3, -0.25) is 0 Å². The van der Waals surface area contributed by atoms with Gasteiger partial charge in [-0.2, -0.15) is 0 Å². The Morgan fingerprint density at radius 3 is 2.36 bits per heavy atom. The number of nitrogen functional groups attached to an aromatic ring is 2. The number of carbonyl (C=O) groups is 1. The number of likely N-dealkylation sites (tertiary alicyclic amines) is 1. The van der Waals surface area contributed by atoms with Gasteiger partial charge in [-0.15, -0.1) is 0 Å². The maximum atomic E-state index is 13.7. The van der Waals surface area contributed by atoms with Gasteiger partial charge in [0.05, 0.1) is 11.4 Å². The molecule has 0 bridgehead atoms. The molecular formula is C16H24FN3O2. The fourth-order valence-corrected chi connectivity index (χ4v) is 2.62. The molecule has 0 radical (unpaired) electrons. The molecule has 0 aliphatic carbocycles. The number of benzene rings is 1. The average Bonchev–Trinajstić information content (AvgIpc) is 2.42. The van der Waals surface area contributed by atoms with Gasteiger partial charge < -0.3 is 21.1 Å². The van der Waals surface area contributed by atoms with Gasteiger partial charge in [-0.05, 0) is 57.2 Å². The van der Waals surface area contributed by atoms with Crippen molar-refractivity contribution in [1.29, 1.82) is 0 Å². The summed E-state index contributed by atoms with van der Waals surface area (Å²) in [5.41, 5.74) is 11.9. The highest BCUT2D eigenvalue weighted by Gasteiger charge is 2.28. The number of amides is 1. The highest BCUT2D eigenvalue weighted by atomic mass is 19.1. The monoisotopic (exact) mass is 309 g/mol. The van der Waals surface area contributed by atoms with Gasteiger partial charge in [0.15, 0.2) is 0 Å². The number of halogens is 1. The normalized spacial score (nSPS) is 16.6. The maximum Gasteiger partial charge on any atom is 0.410 e. The van der Waals surface area contributed by atoms with Crippen molar-refractivity contribution in [3.63, 3.8) is 0 Å². The van der Waals surface area contributed by atoms with Crippen molar-refractivity contribution in [3.8, 4) is 0 Å². The minimum absolute atomic E-state index is 0.00468. The van der Waals surface area contributed by atoms with E-state index < -0.39 is 11.4 Å². The molecule has 122 valence electrons. The van der Waals surface area contributed by atoms with E-state index in [1.54, 1.807) is 11.0 Å². The molecule has 0 saturated carbocycles. The van der Waals surface area contributed by atoms with Crippen LogP contribution in [0, 0.1) is 5.82 Å². The van der Waals surface area contributed by atoms with Crippen LogP contribution in [0.1, 0.15) is 45.1 Å². The largest absolute Gasteiger partial charge is 0.444 e. The Kier molecular flexibility index (Phi) is 4.49. The van der Waals surface area contributed by atoms with Crippen molar-refractivity contribution in [2.24, 2.45) is 0 Å². The van der Waals surface area contributed by atoms with Gasteiger partial charge in [0.1, 0.15) is 11.4 Å². The van der Waals surface area contributed by atoms with E-state index in [4.69, 9.17) is 16.2 Å². The fraction of sp³-hybridized carbons (Fsp3) is 0.562. The van der Waals surface area contributed by atoms with Crippen molar-refractivity contribution >= 4 is 17.5 Å². The van der Waals surface area contributed by atoms with Crippen molar-refractivity contribution < 1.29 is 13.9 Å². The maximum absolute atomic E-state index is 13.7. The molecule has 1 heterocycles. The first kappa shape index (κ1) is 16.4. The van der Waals surface area contributed by atoms with E-state index in [-0.39, 0.29) is 23.4 Å². The molecule has 6 heteroatoms. The zero-order valence-corrected chi connectivity index (χ0v) is 13.4. The number of rotatable bonds is 1. The molecule has 1 fully saturated rings. The van der Waals surface area contributed by atoms with Crippen LogP contribution in [0.25, 0.3) is 0 Å². The topological polar surface area (TPSA) is 81.6 Å². The highest BCUT2D eigenvalue weighted by molar-refractivity contribution is 5.68. The first-order chi connectivity index (χ1) is 10.2. The molecule has 2 rings (SSSR count). The Hall–Kier alpha value is -1.98. The number of anilines is 2. The van der Waals surface area contributed by atoms with Crippen LogP contribution in [0.15, 0.2) is 12.1 Å². The molecule has 0 spiro atoms. The second-order valence-electron chi connectivity index (χ2n) is 6.75. The lowest BCUT2D eigenvalue weighted by atomic mass is 9.89. The summed E-state index contributed by atoms with van der Waals surface area (Å²) in [4.78, 5) is 13.7. The molecule has 1 saturated heterocycles. The summed E-state index contributed by atoms with van der Waals surface area (Å²) in [6.07, 6.45) is 1.21. The summed E-state index contributed by atoms with van der Waals surface area (Å²) in [5.74, 6) is -0.305. The van der Waals surface area contributed by atoms with E-state index in [1.165, 1.54) is 6.07 Å². The molecule has 1 aliphatic rings. The van der Waals surface area contributed by atoms with Gasteiger partial charge in [-0.1, -0.05) is 0 Å². The molecule has 0 unspecified atom stereocenters. The zero-order chi connectivity index (χ0) is 16.5. The van der Waals surface area contributed by atoms with Crippen molar-refractivity contribution in [2.75, 3.05) is 24.6 Å². The standard InChI is InChI=1S/C16H24FN3O2/c1-16(2,3)22-15(21)20-6-4-10(5-7-20)11-8-12(17)14(19)13(18)9-11/h8-10H,4-7,18-19H2,1-3H3. The molecule has 0 atom stereocenters. The van der Waals surface area contributed by atoms with Crippen LogP contribution in [0.2, 0.25) is 0 Å². The smallest absolute Gasteiger partial charge is 0.410 e. The molecule has 1 aromatic rings. The van der Waals surface area contributed by atoms with Crippen molar-refractivity contribution in [2.45, 2.75) is 45.1 Å². The summed E-state index contributed by atoms with van der Waals surface area (Å²) in [6, 6.07) is 3.17. The van der Waals surface area contributed by atoms with E-state index in [2.05, 4.69) is 0 Å². The lowest BCUT2D eigenvalue weighted by Gasteiger charge is -2.33. The molecule has 1 amide bonds. The van der Waals surface area contributed by atoms with Crippen LogP contribution in [0.5, 0.6) is 0 Å². The van der Waals surface area contributed by atoms with E-state index >= 15 is 0 Å². The number of piperidine rings is 1. The Balaban J connectivity index is 1.99.